The minimum absolute atomic E-state index is 0. The van der Waals surface area contributed by atoms with Crippen LogP contribution < -0.4 is 10.6 Å². The third kappa shape index (κ3) is 11.2. The molecule has 0 aromatic rings. The molecule has 1 aliphatic heterocycles. The SMILES string of the molecule is CNCCCC(=O)NC1CCN(CCCOC)CC1.Cl.Cl. The fraction of sp³-hybridized carbons (Fsp3) is 0.929. The van der Waals surface area contributed by atoms with E-state index in [0.29, 0.717) is 12.5 Å². The molecule has 0 saturated carbocycles. The van der Waals surface area contributed by atoms with Crippen LogP contribution in [0.3, 0.4) is 0 Å². The summed E-state index contributed by atoms with van der Waals surface area (Å²) < 4.78 is 5.06. The highest BCUT2D eigenvalue weighted by molar-refractivity contribution is 5.85. The third-order valence-corrected chi connectivity index (χ3v) is 3.61. The smallest absolute Gasteiger partial charge is 0.220 e. The Morgan fingerprint density at radius 2 is 1.90 bits per heavy atom. The van der Waals surface area contributed by atoms with E-state index in [1.165, 1.54) is 0 Å². The van der Waals surface area contributed by atoms with E-state index in [9.17, 15) is 4.79 Å². The lowest BCUT2D eigenvalue weighted by Crippen LogP contribution is -2.45. The Kier molecular flexibility index (Phi) is 16.4. The molecule has 0 atom stereocenters. The van der Waals surface area contributed by atoms with Gasteiger partial charge in [0.2, 0.25) is 5.91 Å². The first-order valence-electron chi connectivity index (χ1n) is 7.41. The molecular formula is C14H31Cl2N3O2. The number of piperidine rings is 1. The highest BCUT2D eigenvalue weighted by Crippen LogP contribution is 2.11. The van der Waals surface area contributed by atoms with E-state index in [4.69, 9.17) is 4.74 Å². The zero-order valence-electron chi connectivity index (χ0n) is 13.2. The normalized spacial score (nSPS) is 15.9. The second-order valence-electron chi connectivity index (χ2n) is 5.24. The van der Waals surface area contributed by atoms with Gasteiger partial charge in [-0.05, 0) is 39.3 Å². The van der Waals surface area contributed by atoms with Gasteiger partial charge in [-0.2, -0.15) is 0 Å². The quantitative estimate of drug-likeness (QED) is 0.622. The number of likely N-dealkylation sites (tertiary alicyclic amines) is 1. The first-order valence-corrected chi connectivity index (χ1v) is 7.41. The van der Waals surface area contributed by atoms with Gasteiger partial charge < -0.3 is 20.3 Å². The zero-order valence-corrected chi connectivity index (χ0v) is 14.9. The summed E-state index contributed by atoms with van der Waals surface area (Å²) in [5.41, 5.74) is 0. The third-order valence-electron chi connectivity index (χ3n) is 3.61. The number of halogens is 2. The van der Waals surface area contributed by atoms with Crippen molar-refractivity contribution in [3.05, 3.63) is 0 Å². The topological polar surface area (TPSA) is 53.6 Å². The van der Waals surface area contributed by atoms with Crippen molar-refractivity contribution < 1.29 is 9.53 Å². The lowest BCUT2D eigenvalue weighted by molar-refractivity contribution is -0.122. The van der Waals surface area contributed by atoms with Crippen LogP contribution in [0.1, 0.15) is 32.1 Å². The molecule has 0 spiro atoms. The Morgan fingerprint density at radius 3 is 2.48 bits per heavy atom. The largest absolute Gasteiger partial charge is 0.385 e. The Bertz CT molecular complexity index is 250. The van der Waals surface area contributed by atoms with Crippen LogP contribution in [0.5, 0.6) is 0 Å². The number of amides is 1. The van der Waals surface area contributed by atoms with Gasteiger partial charge in [0.1, 0.15) is 0 Å². The number of nitrogens with zero attached hydrogens (tertiary/aromatic N) is 1. The molecule has 1 rings (SSSR count). The fourth-order valence-corrected chi connectivity index (χ4v) is 2.46. The van der Waals surface area contributed by atoms with Gasteiger partial charge in [-0.3, -0.25) is 4.79 Å². The molecule has 1 amide bonds. The van der Waals surface area contributed by atoms with Crippen molar-refractivity contribution in [2.75, 3.05) is 46.9 Å². The van der Waals surface area contributed by atoms with Crippen LogP contribution in [0.15, 0.2) is 0 Å². The Hall–Kier alpha value is -0.0700. The maximum Gasteiger partial charge on any atom is 0.220 e. The molecule has 1 heterocycles. The van der Waals surface area contributed by atoms with Crippen LogP contribution in [-0.2, 0) is 9.53 Å². The summed E-state index contributed by atoms with van der Waals surface area (Å²) in [7, 11) is 3.66. The number of nitrogens with one attached hydrogen (secondary N) is 2. The lowest BCUT2D eigenvalue weighted by atomic mass is 10.0. The maximum atomic E-state index is 11.7. The van der Waals surface area contributed by atoms with Gasteiger partial charge in [-0.25, -0.2) is 0 Å². The highest BCUT2D eigenvalue weighted by Gasteiger charge is 2.19. The van der Waals surface area contributed by atoms with Crippen molar-refractivity contribution in [2.45, 2.75) is 38.1 Å². The van der Waals surface area contributed by atoms with Crippen LogP contribution in [0.4, 0.5) is 0 Å². The van der Waals surface area contributed by atoms with Crippen LogP contribution >= 0.6 is 24.8 Å². The average molecular weight is 344 g/mol. The number of ether oxygens (including phenoxy) is 1. The van der Waals surface area contributed by atoms with Gasteiger partial charge in [-0.15, -0.1) is 24.8 Å². The number of hydrogen-bond acceptors (Lipinski definition) is 4. The number of carbonyl (C=O) groups is 1. The number of hydrogen-bond donors (Lipinski definition) is 2. The van der Waals surface area contributed by atoms with Crippen LogP contribution in [-0.4, -0.2) is 63.8 Å². The second kappa shape index (κ2) is 14.9. The molecule has 1 aliphatic rings. The summed E-state index contributed by atoms with van der Waals surface area (Å²) in [6.07, 6.45) is 4.79. The molecule has 0 aliphatic carbocycles. The lowest BCUT2D eigenvalue weighted by Gasteiger charge is -2.32. The predicted octanol–water partition coefficient (Wildman–Crippen LogP) is 1.45. The predicted molar refractivity (Wildman–Crippen MR) is 91.8 cm³/mol. The molecule has 21 heavy (non-hydrogen) atoms. The van der Waals surface area contributed by atoms with Crippen molar-refractivity contribution in [1.29, 1.82) is 0 Å². The summed E-state index contributed by atoms with van der Waals surface area (Å²) >= 11 is 0. The van der Waals surface area contributed by atoms with Crippen molar-refractivity contribution in [3.63, 3.8) is 0 Å². The first kappa shape index (κ1) is 23.2. The molecule has 2 N–H and O–H groups in total. The van der Waals surface area contributed by atoms with E-state index in [1.807, 2.05) is 7.05 Å². The molecule has 0 aromatic carbocycles. The Morgan fingerprint density at radius 1 is 1.24 bits per heavy atom. The number of rotatable bonds is 9. The molecule has 0 bridgehead atoms. The van der Waals surface area contributed by atoms with Crippen molar-refractivity contribution in [1.82, 2.24) is 15.5 Å². The monoisotopic (exact) mass is 343 g/mol. The summed E-state index contributed by atoms with van der Waals surface area (Å²) in [4.78, 5) is 14.2. The number of methoxy groups -OCH3 is 1. The van der Waals surface area contributed by atoms with E-state index < -0.39 is 0 Å². The maximum absolute atomic E-state index is 11.7. The summed E-state index contributed by atoms with van der Waals surface area (Å²) in [6.45, 7) is 5.03. The molecular weight excluding hydrogens is 313 g/mol. The first-order chi connectivity index (χ1) is 9.26. The fourth-order valence-electron chi connectivity index (χ4n) is 2.46. The van der Waals surface area contributed by atoms with Crippen molar-refractivity contribution in [3.8, 4) is 0 Å². The number of carbonyl (C=O) groups excluding carboxylic acids is 1. The van der Waals surface area contributed by atoms with E-state index >= 15 is 0 Å². The molecule has 0 unspecified atom stereocenters. The molecule has 1 saturated heterocycles. The molecule has 1 fully saturated rings. The highest BCUT2D eigenvalue weighted by atomic mass is 35.5. The van der Waals surface area contributed by atoms with Gasteiger partial charge in [0.15, 0.2) is 0 Å². The Labute approximate surface area is 141 Å². The Balaban J connectivity index is 0. The van der Waals surface area contributed by atoms with Gasteiger partial charge >= 0.3 is 0 Å². The minimum Gasteiger partial charge on any atom is -0.385 e. The van der Waals surface area contributed by atoms with Gasteiger partial charge in [0, 0.05) is 45.8 Å². The van der Waals surface area contributed by atoms with Crippen molar-refractivity contribution in [2.24, 2.45) is 0 Å². The molecule has 0 radical (unpaired) electrons. The van der Waals surface area contributed by atoms with E-state index in [1.54, 1.807) is 7.11 Å². The van der Waals surface area contributed by atoms with Crippen molar-refractivity contribution >= 4 is 30.7 Å². The van der Waals surface area contributed by atoms with Gasteiger partial charge in [0.25, 0.3) is 0 Å². The van der Waals surface area contributed by atoms with Crippen LogP contribution in [0.2, 0.25) is 0 Å². The molecule has 7 heteroatoms. The second-order valence-corrected chi connectivity index (χ2v) is 5.24. The molecule has 0 aromatic heterocycles. The molecule has 128 valence electrons. The summed E-state index contributed by atoms with van der Waals surface area (Å²) in [6, 6.07) is 0.376. The average Bonchev–Trinajstić information content (AvgIpc) is 2.41. The zero-order chi connectivity index (χ0) is 13.9. The standard InChI is InChI=1S/C14H29N3O2.2ClH/c1-15-8-3-5-14(18)16-13-6-10-17(11-7-13)9-4-12-19-2;;/h13,15H,3-12H2,1-2H3,(H,16,18);2*1H. The van der Waals surface area contributed by atoms with Gasteiger partial charge in [-0.1, -0.05) is 0 Å². The van der Waals surface area contributed by atoms with Crippen LogP contribution in [0, 0.1) is 0 Å². The van der Waals surface area contributed by atoms with E-state index in [-0.39, 0.29) is 30.7 Å². The van der Waals surface area contributed by atoms with E-state index in [0.717, 1.165) is 58.5 Å². The van der Waals surface area contributed by atoms with E-state index in [2.05, 4.69) is 15.5 Å². The minimum atomic E-state index is 0. The van der Waals surface area contributed by atoms with Gasteiger partial charge in [0.05, 0.1) is 0 Å². The molecule has 5 nitrogen and oxygen atoms in total. The summed E-state index contributed by atoms with van der Waals surface area (Å²) in [5.74, 6) is 0.202. The van der Waals surface area contributed by atoms with Crippen LogP contribution in [0.25, 0.3) is 0 Å². The summed E-state index contributed by atoms with van der Waals surface area (Å²) in [5, 5.41) is 6.21.